The van der Waals surface area contributed by atoms with Gasteiger partial charge in [0, 0.05) is 0 Å². The minimum absolute atomic E-state index is 0.0943. The van der Waals surface area contributed by atoms with Crippen LogP contribution in [0.5, 0.6) is 0 Å². The molecule has 0 atom stereocenters. The van der Waals surface area contributed by atoms with E-state index in [0.717, 1.165) is 12.0 Å². The third kappa shape index (κ3) is 2.11. The Morgan fingerprint density at radius 3 is 2.64 bits per heavy atom. The van der Waals surface area contributed by atoms with E-state index in [1.807, 2.05) is 37.3 Å². The van der Waals surface area contributed by atoms with E-state index < -0.39 is 0 Å². The van der Waals surface area contributed by atoms with Crippen LogP contribution in [0.1, 0.15) is 13.3 Å². The molecule has 1 nitrogen and oxygen atoms in total. The maximum atomic E-state index is 11.2. The lowest BCUT2D eigenvalue weighted by molar-refractivity contribution is -0.295. The van der Waals surface area contributed by atoms with Crippen LogP contribution in [0.4, 0.5) is 0 Å². The SMILES string of the molecule is CCC=CC([O-])=C1C=CC=C1. The maximum absolute atomic E-state index is 11.2. The highest BCUT2D eigenvalue weighted by atomic mass is 16.3. The molecule has 0 radical (unpaired) electrons. The highest BCUT2D eigenvalue weighted by molar-refractivity contribution is 5.43. The van der Waals surface area contributed by atoms with Crippen LogP contribution in [0, 0.1) is 0 Å². The minimum atomic E-state index is 0.0943. The Kier molecular flexibility index (Phi) is 2.73. The second-order valence-electron chi connectivity index (χ2n) is 2.35. The largest absolute Gasteiger partial charge is 0.872 e. The molecule has 0 bridgehead atoms. The van der Waals surface area contributed by atoms with Crippen molar-refractivity contribution >= 4 is 0 Å². The number of hydrogen-bond donors (Lipinski definition) is 0. The van der Waals surface area contributed by atoms with E-state index in [0.29, 0.717) is 0 Å². The Hall–Kier alpha value is -1.24. The van der Waals surface area contributed by atoms with E-state index in [4.69, 9.17) is 0 Å². The Bertz CT molecular complexity index is 228. The molecule has 0 spiro atoms. The average molecular weight is 147 g/mol. The molecule has 0 saturated heterocycles. The summed E-state index contributed by atoms with van der Waals surface area (Å²) in [6.07, 6.45) is 11.8. The van der Waals surface area contributed by atoms with E-state index in [2.05, 4.69) is 0 Å². The Labute approximate surface area is 67.1 Å². The fourth-order valence-electron chi connectivity index (χ4n) is 0.859. The van der Waals surface area contributed by atoms with Crippen LogP contribution >= 0.6 is 0 Å². The van der Waals surface area contributed by atoms with E-state index in [9.17, 15) is 5.11 Å². The predicted molar refractivity (Wildman–Crippen MR) is 44.7 cm³/mol. The molecular weight excluding hydrogens is 136 g/mol. The molecule has 1 aliphatic carbocycles. The van der Waals surface area contributed by atoms with Gasteiger partial charge in [-0.2, -0.15) is 0 Å². The number of rotatable bonds is 2. The fraction of sp³-hybridized carbons (Fsp3) is 0.200. The van der Waals surface area contributed by atoms with E-state index in [-0.39, 0.29) is 5.76 Å². The molecule has 58 valence electrons. The molecule has 1 rings (SSSR count). The monoisotopic (exact) mass is 147 g/mol. The molecule has 0 aromatic rings. The van der Waals surface area contributed by atoms with Gasteiger partial charge in [0.25, 0.3) is 0 Å². The van der Waals surface area contributed by atoms with Gasteiger partial charge in [-0.1, -0.05) is 43.4 Å². The summed E-state index contributed by atoms with van der Waals surface area (Å²) < 4.78 is 0. The zero-order valence-corrected chi connectivity index (χ0v) is 6.58. The van der Waals surface area contributed by atoms with Crippen LogP contribution < -0.4 is 5.11 Å². The van der Waals surface area contributed by atoms with Crippen LogP contribution in [0.15, 0.2) is 47.8 Å². The first-order valence-electron chi connectivity index (χ1n) is 3.77. The first-order valence-corrected chi connectivity index (χ1v) is 3.77. The molecule has 0 heterocycles. The molecule has 0 N–H and O–H groups in total. The van der Waals surface area contributed by atoms with Crippen molar-refractivity contribution in [2.24, 2.45) is 0 Å². The van der Waals surface area contributed by atoms with Crippen molar-refractivity contribution in [2.75, 3.05) is 0 Å². The summed E-state index contributed by atoms with van der Waals surface area (Å²) in [6, 6.07) is 0. The molecule has 0 aromatic heterocycles. The first kappa shape index (κ1) is 7.86. The van der Waals surface area contributed by atoms with Gasteiger partial charge < -0.3 is 5.11 Å². The molecule has 0 aliphatic heterocycles. The summed E-state index contributed by atoms with van der Waals surface area (Å²) in [5, 5.41) is 11.2. The summed E-state index contributed by atoms with van der Waals surface area (Å²) in [4.78, 5) is 0. The van der Waals surface area contributed by atoms with Crippen molar-refractivity contribution in [1.82, 2.24) is 0 Å². The Balaban J connectivity index is 2.71. The van der Waals surface area contributed by atoms with Gasteiger partial charge >= 0.3 is 0 Å². The van der Waals surface area contributed by atoms with Crippen molar-refractivity contribution in [3.63, 3.8) is 0 Å². The predicted octanol–water partition coefficient (Wildman–Crippen LogP) is 1.69. The lowest BCUT2D eigenvalue weighted by atomic mass is 10.2. The summed E-state index contributed by atoms with van der Waals surface area (Å²) in [5.74, 6) is 0.0943. The van der Waals surface area contributed by atoms with Crippen LogP contribution in [0.25, 0.3) is 0 Å². The highest BCUT2D eigenvalue weighted by Crippen LogP contribution is 2.10. The van der Waals surface area contributed by atoms with Crippen LogP contribution in [0.2, 0.25) is 0 Å². The number of allylic oxidation sites excluding steroid dienone is 7. The number of hydrogen-bond acceptors (Lipinski definition) is 1. The van der Waals surface area contributed by atoms with Gasteiger partial charge in [-0.15, -0.1) is 5.76 Å². The van der Waals surface area contributed by atoms with E-state index >= 15 is 0 Å². The fourth-order valence-corrected chi connectivity index (χ4v) is 0.859. The third-order valence-electron chi connectivity index (χ3n) is 1.45. The second-order valence-corrected chi connectivity index (χ2v) is 2.35. The molecule has 1 aliphatic rings. The summed E-state index contributed by atoms with van der Waals surface area (Å²) in [7, 11) is 0. The smallest absolute Gasteiger partial charge is 0.0336 e. The van der Waals surface area contributed by atoms with Crippen LogP contribution in [-0.4, -0.2) is 0 Å². The van der Waals surface area contributed by atoms with Gasteiger partial charge in [-0.25, -0.2) is 0 Å². The van der Waals surface area contributed by atoms with E-state index in [1.165, 1.54) is 0 Å². The van der Waals surface area contributed by atoms with Gasteiger partial charge in [0.2, 0.25) is 0 Å². The van der Waals surface area contributed by atoms with Crippen molar-refractivity contribution in [1.29, 1.82) is 0 Å². The first-order chi connectivity index (χ1) is 5.34. The molecule has 11 heavy (non-hydrogen) atoms. The van der Waals surface area contributed by atoms with Crippen molar-refractivity contribution in [3.05, 3.63) is 47.8 Å². The molecular formula is C10H11O-. The standard InChI is InChI=1S/C10H12O/c1-2-3-8-10(11)9-6-4-5-7-9/h3-8,11H,2H2,1H3/p-1. The second kappa shape index (κ2) is 3.81. The van der Waals surface area contributed by atoms with Crippen LogP contribution in [0.3, 0.4) is 0 Å². The lowest BCUT2D eigenvalue weighted by Crippen LogP contribution is -2.02. The summed E-state index contributed by atoms with van der Waals surface area (Å²) >= 11 is 0. The molecule has 0 aromatic carbocycles. The molecule has 0 unspecified atom stereocenters. The topological polar surface area (TPSA) is 23.1 Å². The van der Waals surface area contributed by atoms with Gasteiger partial charge in [0.1, 0.15) is 0 Å². The van der Waals surface area contributed by atoms with Gasteiger partial charge in [-0.05, 0) is 12.0 Å². The Morgan fingerprint density at radius 1 is 1.45 bits per heavy atom. The van der Waals surface area contributed by atoms with Crippen molar-refractivity contribution in [2.45, 2.75) is 13.3 Å². The molecule has 0 fully saturated rings. The van der Waals surface area contributed by atoms with Crippen molar-refractivity contribution in [3.8, 4) is 0 Å². The van der Waals surface area contributed by atoms with Gasteiger partial charge in [0.15, 0.2) is 0 Å². The normalized spacial score (nSPS) is 15.2. The summed E-state index contributed by atoms with van der Waals surface area (Å²) in [6.45, 7) is 2.01. The van der Waals surface area contributed by atoms with Crippen molar-refractivity contribution < 1.29 is 5.11 Å². The average Bonchev–Trinajstić information content (AvgIpc) is 2.52. The Morgan fingerprint density at radius 2 is 2.09 bits per heavy atom. The quantitative estimate of drug-likeness (QED) is 0.545. The minimum Gasteiger partial charge on any atom is -0.872 e. The third-order valence-corrected chi connectivity index (χ3v) is 1.45. The molecule has 1 heteroatoms. The summed E-state index contributed by atoms with van der Waals surface area (Å²) in [5.41, 5.74) is 0.773. The lowest BCUT2D eigenvalue weighted by Gasteiger charge is -2.07. The zero-order chi connectivity index (χ0) is 8.10. The maximum Gasteiger partial charge on any atom is -0.0336 e. The molecule has 0 amide bonds. The molecule has 0 saturated carbocycles. The van der Waals surface area contributed by atoms with Gasteiger partial charge in [-0.3, -0.25) is 0 Å². The van der Waals surface area contributed by atoms with E-state index in [1.54, 1.807) is 6.08 Å². The van der Waals surface area contributed by atoms with Crippen LogP contribution in [-0.2, 0) is 0 Å². The van der Waals surface area contributed by atoms with Gasteiger partial charge in [0.05, 0.1) is 0 Å². The zero-order valence-electron chi connectivity index (χ0n) is 6.58. The highest BCUT2D eigenvalue weighted by Gasteiger charge is 1.89.